The molecule has 0 fully saturated rings. The number of imide groups is 1. The molecule has 2 amide bonds. The molecule has 0 aliphatic heterocycles. The number of hydrogen-bond acceptors (Lipinski definition) is 7. The minimum atomic E-state index is -0.800. The largest absolute Gasteiger partial charge is 0.495 e. The highest BCUT2D eigenvalue weighted by molar-refractivity contribution is 7.99. The Kier molecular flexibility index (Phi) is 7.78. The molecule has 3 rings (SSSR count). The van der Waals surface area contributed by atoms with Crippen molar-refractivity contribution in [3.8, 4) is 22.8 Å². The van der Waals surface area contributed by atoms with Crippen molar-refractivity contribution < 1.29 is 19.1 Å². The van der Waals surface area contributed by atoms with Gasteiger partial charge in [-0.25, -0.2) is 4.79 Å². The number of carbonyl (C=O) groups excluding carboxylic acids is 2. The molecular formula is C20H18Cl2N4O4S. The van der Waals surface area contributed by atoms with Crippen molar-refractivity contribution in [1.82, 2.24) is 20.1 Å². The molecule has 0 bridgehead atoms. The van der Waals surface area contributed by atoms with Crippen molar-refractivity contribution in [2.75, 3.05) is 19.5 Å². The maximum atomic E-state index is 12.1. The maximum absolute atomic E-state index is 12.1. The molecular weight excluding hydrogens is 463 g/mol. The fourth-order valence-electron chi connectivity index (χ4n) is 2.68. The van der Waals surface area contributed by atoms with Crippen molar-refractivity contribution in [3.63, 3.8) is 0 Å². The lowest BCUT2D eigenvalue weighted by Gasteiger charge is -2.14. The average molecular weight is 481 g/mol. The fourth-order valence-corrected chi connectivity index (χ4v) is 3.78. The van der Waals surface area contributed by atoms with Crippen molar-refractivity contribution in [2.45, 2.75) is 12.1 Å². The maximum Gasteiger partial charge on any atom is 0.413 e. The van der Waals surface area contributed by atoms with Gasteiger partial charge in [0.2, 0.25) is 5.91 Å². The molecule has 11 heteroatoms. The first-order chi connectivity index (χ1) is 14.9. The minimum absolute atomic E-state index is 0.0879. The van der Waals surface area contributed by atoms with E-state index in [0.29, 0.717) is 38.0 Å². The number of rotatable bonds is 7. The van der Waals surface area contributed by atoms with Gasteiger partial charge >= 0.3 is 6.09 Å². The van der Waals surface area contributed by atoms with Crippen LogP contribution in [-0.4, -0.2) is 46.2 Å². The zero-order chi connectivity index (χ0) is 22.4. The van der Waals surface area contributed by atoms with Crippen molar-refractivity contribution in [2.24, 2.45) is 0 Å². The van der Waals surface area contributed by atoms with Crippen LogP contribution in [0.3, 0.4) is 0 Å². The van der Waals surface area contributed by atoms with Gasteiger partial charge in [0.15, 0.2) is 11.0 Å². The highest BCUT2D eigenvalue weighted by atomic mass is 35.5. The summed E-state index contributed by atoms with van der Waals surface area (Å²) in [6.07, 6.45) is -0.800. The predicted octanol–water partition coefficient (Wildman–Crippen LogP) is 4.61. The second-order valence-electron chi connectivity index (χ2n) is 6.03. The first-order valence-electron chi connectivity index (χ1n) is 9.07. The Hall–Kier alpha value is -2.75. The number of nitrogens with zero attached hydrogens (tertiary/aromatic N) is 3. The molecule has 8 nitrogen and oxygen atoms in total. The van der Waals surface area contributed by atoms with Gasteiger partial charge in [0.1, 0.15) is 5.75 Å². The van der Waals surface area contributed by atoms with Crippen LogP contribution in [0.2, 0.25) is 10.0 Å². The predicted molar refractivity (Wildman–Crippen MR) is 119 cm³/mol. The van der Waals surface area contributed by atoms with Crippen LogP contribution in [0.1, 0.15) is 6.92 Å². The number of ether oxygens (including phenoxy) is 2. The first kappa shape index (κ1) is 22.9. The summed E-state index contributed by atoms with van der Waals surface area (Å²) in [6.45, 7) is 1.81. The Bertz CT molecular complexity index is 1110. The topological polar surface area (TPSA) is 95.3 Å². The summed E-state index contributed by atoms with van der Waals surface area (Å²) < 4.78 is 11.9. The second kappa shape index (κ2) is 10.5. The normalized spacial score (nSPS) is 10.6. The van der Waals surface area contributed by atoms with Gasteiger partial charge in [-0.1, -0.05) is 47.1 Å². The number of carbonyl (C=O) groups is 2. The molecule has 0 saturated heterocycles. The van der Waals surface area contributed by atoms with Crippen LogP contribution < -0.4 is 10.1 Å². The first-order valence-corrected chi connectivity index (χ1v) is 10.8. The van der Waals surface area contributed by atoms with Crippen molar-refractivity contribution >= 4 is 47.0 Å². The van der Waals surface area contributed by atoms with E-state index in [1.54, 1.807) is 47.9 Å². The van der Waals surface area contributed by atoms with Gasteiger partial charge in [-0.3, -0.25) is 14.7 Å². The summed E-state index contributed by atoms with van der Waals surface area (Å²) in [5, 5.41) is 12.1. The van der Waals surface area contributed by atoms with Crippen molar-refractivity contribution in [1.29, 1.82) is 0 Å². The Morgan fingerprint density at radius 1 is 1.13 bits per heavy atom. The number of aromatic nitrogens is 3. The Labute approximate surface area is 192 Å². The van der Waals surface area contributed by atoms with Crippen LogP contribution in [0.5, 0.6) is 5.75 Å². The number of hydrogen-bond donors (Lipinski definition) is 1. The van der Waals surface area contributed by atoms with Gasteiger partial charge in [0, 0.05) is 15.6 Å². The second-order valence-corrected chi connectivity index (χ2v) is 7.84. The zero-order valence-corrected chi connectivity index (χ0v) is 18.9. The number of thioether (sulfide) groups is 1. The van der Waals surface area contributed by atoms with Crippen LogP contribution >= 0.6 is 35.0 Å². The van der Waals surface area contributed by atoms with E-state index in [4.69, 9.17) is 32.7 Å². The van der Waals surface area contributed by atoms with E-state index in [1.165, 1.54) is 7.11 Å². The number of amides is 2. The molecule has 31 heavy (non-hydrogen) atoms. The van der Waals surface area contributed by atoms with Crippen molar-refractivity contribution in [3.05, 3.63) is 52.5 Å². The van der Waals surface area contributed by atoms with Crippen LogP contribution in [0.25, 0.3) is 17.1 Å². The molecule has 1 aromatic heterocycles. The highest BCUT2D eigenvalue weighted by Crippen LogP contribution is 2.34. The summed E-state index contributed by atoms with van der Waals surface area (Å²) in [4.78, 5) is 23.5. The molecule has 0 spiro atoms. The SMILES string of the molecule is CCOC(=O)NC(=O)CSc1nnc(-c2cccc(Cl)c2)n1-c1cc(Cl)ccc1OC. The standard InChI is InChI=1S/C20H18Cl2N4O4S/c1-3-30-20(28)23-17(27)11-31-19-25-24-18(12-5-4-6-13(21)9-12)26(19)15-10-14(22)7-8-16(15)29-2/h4-10H,3,11H2,1-2H3,(H,23,27,28). The third-order valence-electron chi connectivity index (χ3n) is 3.95. The van der Waals surface area contributed by atoms with Gasteiger partial charge in [0.25, 0.3) is 0 Å². The molecule has 0 saturated carbocycles. The minimum Gasteiger partial charge on any atom is -0.495 e. The van der Waals surface area contributed by atoms with E-state index in [1.807, 2.05) is 6.07 Å². The molecule has 162 valence electrons. The highest BCUT2D eigenvalue weighted by Gasteiger charge is 2.21. The van der Waals surface area contributed by atoms with E-state index >= 15 is 0 Å². The summed E-state index contributed by atoms with van der Waals surface area (Å²) in [5.74, 6) is 0.400. The molecule has 3 aromatic rings. The number of benzene rings is 2. The van der Waals surface area contributed by atoms with E-state index in [2.05, 4.69) is 15.5 Å². The molecule has 0 aliphatic rings. The third kappa shape index (κ3) is 5.69. The van der Waals surface area contributed by atoms with Gasteiger partial charge in [0.05, 0.1) is 25.2 Å². The van der Waals surface area contributed by atoms with Crippen LogP contribution in [0.15, 0.2) is 47.6 Å². The molecule has 0 atom stereocenters. The smallest absolute Gasteiger partial charge is 0.413 e. The van der Waals surface area contributed by atoms with Gasteiger partial charge in [-0.2, -0.15) is 0 Å². The van der Waals surface area contributed by atoms with Crippen LogP contribution in [-0.2, 0) is 9.53 Å². The number of alkyl carbamates (subject to hydrolysis) is 1. The Balaban J connectivity index is 2.00. The lowest BCUT2D eigenvalue weighted by molar-refractivity contribution is -0.117. The Morgan fingerprint density at radius 3 is 2.61 bits per heavy atom. The summed E-state index contributed by atoms with van der Waals surface area (Å²) in [6, 6.07) is 12.3. The monoisotopic (exact) mass is 480 g/mol. The van der Waals surface area contributed by atoms with Gasteiger partial charge < -0.3 is 9.47 Å². The molecule has 2 aromatic carbocycles. The summed E-state index contributed by atoms with van der Waals surface area (Å²) in [7, 11) is 1.54. The van der Waals surface area contributed by atoms with Crippen LogP contribution in [0.4, 0.5) is 4.79 Å². The van der Waals surface area contributed by atoms with E-state index in [0.717, 1.165) is 11.8 Å². The Morgan fingerprint density at radius 2 is 1.90 bits per heavy atom. The molecule has 1 N–H and O–H groups in total. The lowest BCUT2D eigenvalue weighted by atomic mass is 10.2. The molecule has 0 aliphatic carbocycles. The van der Waals surface area contributed by atoms with E-state index in [9.17, 15) is 9.59 Å². The van der Waals surface area contributed by atoms with E-state index in [-0.39, 0.29) is 12.4 Å². The van der Waals surface area contributed by atoms with E-state index < -0.39 is 12.0 Å². The molecule has 0 radical (unpaired) electrons. The molecule has 1 heterocycles. The summed E-state index contributed by atoms with van der Waals surface area (Å²) in [5.41, 5.74) is 1.30. The van der Waals surface area contributed by atoms with Gasteiger partial charge in [-0.05, 0) is 37.3 Å². The van der Waals surface area contributed by atoms with Crippen LogP contribution in [0, 0.1) is 0 Å². The zero-order valence-electron chi connectivity index (χ0n) is 16.6. The fraction of sp³-hybridized carbons (Fsp3) is 0.200. The van der Waals surface area contributed by atoms with Gasteiger partial charge in [-0.15, -0.1) is 10.2 Å². The number of halogens is 2. The quantitative estimate of drug-likeness (QED) is 0.493. The lowest BCUT2D eigenvalue weighted by Crippen LogP contribution is -2.32. The number of methoxy groups -OCH3 is 1. The molecule has 0 unspecified atom stereocenters. The average Bonchev–Trinajstić information content (AvgIpc) is 3.16. The third-order valence-corrected chi connectivity index (χ3v) is 5.35. The number of nitrogens with one attached hydrogen (secondary N) is 1. The summed E-state index contributed by atoms with van der Waals surface area (Å²) >= 11 is 13.5.